The summed E-state index contributed by atoms with van der Waals surface area (Å²) in [6, 6.07) is 6.30. The van der Waals surface area contributed by atoms with Gasteiger partial charge in [-0.1, -0.05) is 26.0 Å². The van der Waals surface area contributed by atoms with E-state index in [2.05, 4.69) is 65.8 Å². The second-order valence-corrected chi connectivity index (χ2v) is 10.5. The van der Waals surface area contributed by atoms with E-state index in [-0.39, 0.29) is 35.1 Å². The Bertz CT molecular complexity index is 920. The van der Waals surface area contributed by atoms with Crippen LogP contribution in [0.15, 0.2) is 29.4 Å². The standard InChI is InChI=1S/C21H34N4O2S.HI/c1-6-22-20(25-15-21(3,4)11-13-28(5,26)27)23-12-10-17-14-24-18-9-7-8-16(2)19(17)18;/h7-9,14,24H,6,10-13,15H2,1-5H3,(H2,22,23,25);1H. The quantitative estimate of drug-likeness (QED) is 0.261. The molecule has 164 valence electrons. The van der Waals surface area contributed by atoms with Crippen molar-refractivity contribution in [3.63, 3.8) is 0 Å². The van der Waals surface area contributed by atoms with Gasteiger partial charge < -0.3 is 15.6 Å². The van der Waals surface area contributed by atoms with Crippen LogP contribution < -0.4 is 10.6 Å². The highest BCUT2D eigenvalue weighted by atomic mass is 127. The first-order valence-electron chi connectivity index (χ1n) is 9.87. The van der Waals surface area contributed by atoms with Gasteiger partial charge in [-0.05, 0) is 49.3 Å². The Balaban J connectivity index is 0.00000420. The average molecular weight is 535 g/mol. The topological polar surface area (TPSA) is 86.3 Å². The van der Waals surface area contributed by atoms with Gasteiger partial charge in [0.05, 0.1) is 5.75 Å². The number of guanidine groups is 1. The summed E-state index contributed by atoms with van der Waals surface area (Å²) in [4.78, 5) is 8.02. The molecule has 1 aromatic heterocycles. The third kappa shape index (κ3) is 8.54. The van der Waals surface area contributed by atoms with Gasteiger partial charge >= 0.3 is 0 Å². The van der Waals surface area contributed by atoms with Crippen LogP contribution in [0, 0.1) is 12.3 Å². The molecule has 2 aromatic rings. The van der Waals surface area contributed by atoms with Gasteiger partial charge in [-0.2, -0.15) is 0 Å². The number of fused-ring (bicyclic) bond motifs is 1. The molecular weight excluding hydrogens is 499 g/mol. The Morgan fingerprint density at radius 1 is 1.24 bits per heavy atom. The molecular formula is C21H35IN4O2S. The van der Waals surface area contributed by atoms with Crippen molar-refractivity contribution in [2.45, 2.75) is 40.5 Å². The molecule has 0 fully saturated rings. The molecule has 3 N–H and O–H groups in total. The minimum Gasteiger partial charge on any atom is -0.361 e. The zero-order valence-corrected chi connectivity index (χ0v) is 21.3. The van der Waals surface area contributed by atoms with Gasteiger partial charge in [0.1, 0.15) is 9.84 Å². The van der Waals surface area contributed by atoms with Crippen LogP contribution in [-0.2, 0) is 16.3 Å². The van der Waals surface area contributed by atoms with Gasteiger partial charge in [0, 0.05) is 43.0 Å². The Kier molecular flexibility index (Phi) is 9.94. The van der Waals surface area contributed by atoms with E-state index in [1.807, 2.05) is 6.92 Å². The number of aromatic nitrogens is 1. The summed E-state index contributed by atoms with van der Waals surface area (Å²) in [5.74, 6) is 0.964. The van der Waals surface area contributed by atoms with E-state index in [1.165, 1.54) is 28.3 Å². The summed E-state index contributed by atoms with van der Waals surface area (Å²) in [5, 5.41) is 7.96. The Morgan fingerprint density at radius 3 is 2.62 bits per heavy atom. The number of aryl methyl sites for hydroxylation is 1. The molecule has 0 unspecified atom stereocenters. The number of sulfone groups is 1. The van der Waals surface area contributed by atoms with Crippen LogP contribution in [0.2, 0.25) is 0 Å². The molecule has 1 aromatic carbocycles. The van der Waals surface area contributed by atoms with E-state index >= 15 is 0 Å². The van der Waals surface area contributed by atoms with Crippen molar-refractivity contribution in [2.24, 2.45) is 10.4 Å². The summed E-state index contributed by atoms with van der Waals surface area (Å²) in [5.41, 5.74) is 3.58. The highest BCUT2D eigenvalue weighted by molar-refractivity contribution is 14.0. The Hall–Kier alpha value is -1.29. The lowest BCUT2D eigenvalue weighted by atomic mass is 9.90. The van der Waals surface area contributed by atoms with Crippen molar-refractivity contribution in [1.29, 1.82) is 0 Å². The zero-order valence-electron chi connectivity index (χ0n) is 18.1. The monoisotopic (exact) mass is 534 g/mol. The van der Waals surface area contributed by atoms with E-state index in [1.54, 1.807) is 0 Å². The number of nitrogens with one attached hydrogen (secondary N) is 3. The molecule has 0 aliphatic carbocycles. The fourth-order valence-electron chi connectivity index (χ4n) is 3.14. The Labute approximate surface area is 192 Å². The van der Waals surface area contributed by atoms with Crippen LogP contribution in [0.4, 0.5) is 0 Å². The lowest BCUT2D eigenvalue weighted by Crippen LogP contribution is -2.39. The number of hydrogen-bond acceptors (Lipinski definition) is 3. The molecule has 0 aliphatic rings. The normalized spacial score (nSPS) is 12.7. The largest absolute Gasteiger partial charge is 0.361 e. The highest BCUT2D eigenvalue weighted by Gasteiger charge is 2.20. The summed E-state index contributed by atoms with van der Waals surface area (Å²) in [7, 11) is -2.95. The number of rotatable bonds is 9. The molecule has 0 aliphatic heterocycles. The van der Waals surface area contributed by atoms with Crippen molar-refractivity contribution < 1.29 is 8.42 Å². The second kappa shape index (κ2) is 11.2. The molecule has 1 heterocycles. The van der Waals surface area contributed by atoms with E-state index in [9.17, 15) is 8.42 Å². The number of aliphatic imine (C=N–C) groups is 1. The summed E-state index contributed by atoms with van der Waals surface area (Å²) in [6.45, 7) is 10.4. The van der Waals surface area contributed by atoms with Crippen molar-refractivity contribution in [3.8, 4) is 0 Å². The van der Waals surface area contributed by atoms with Gasteiger partial charge in [0.15, 0.2) is 5.96 Å². The first kappa shape index (κ1) is 25.7. The second-order valence-electron chi connectivity index (χ2n) is 8.23. The molecule has 0 amide bonds. The number of halogens is 1. The molecule has 0 saturated carbocycles. The van der Waals surface area contributed by atoms with Gasteiger partial charge in [-0.3, -0.25) is 4.99 Å². The summed E-state index contributed by atoms with van der Waals surface area (Å²) >= 11 is 0. The van der Waals surface area contributed by atoms with Crippen LogP contribution in [0.1, 0.15) is 38.3 Å². The predicted octanol–water partition coefficient (Wildman–Crippen LogP) is 3.65. The van der Waals surface area contributed by atoms with Gasteiger partial charge in [-0.15, -0.1) is 24.0 Å². The molecule has 0 radical (unpaired) electrons. The van der Waals surface area contributed by atoms with Crippen LogP contribution in [-0.4, -0.2) is 51.0 Å². The average Bonchev–Trinajstić information content (AvgIpc) is 3.02. The predicted molar refractivity (Wildman–Crippen MR) is 134 cm³/mol. The number of hydrogen-bond donors (Lipinski definition) is 3. The van der Waals surface area contributed by atoms with Crippen LogP contribution in [0.25, 0.3) is 10.9 Å². The number of nitrogens with zero attached hydrogens (tertiary/aromatic N) is 1. The van der Waals surface area contributed by atoms with E-state index in [0.29, 0.717) is 13.0 Å². The van der Waals surface area contributed by atoms with Crippen LogP contribution in [0.5, 0.6) is 0 Å². The fraction of sp³-hybridized carbons (Fsp3) is 0.571. The van der Waals surface area contributed by atoms with Gasteiger partial charge in [0.25, 0.3) is 0 Å². The van der Waals surface area contributed by atoms with E-state index in [4.69, 9.17) is 0 Å². The van der Waals surface area contributed by atoms with Gasteiger partial charge in [-0.25, -0.2) is 8.42 Å². The summed E-state index contributed by atoms with van der Waals surface area (Å²) in [6.07, 6.45) is 4.86. The first-order chi connectivity index (χ1) is 13.1. The fourth-order valence-corrected chi connectivity index (χ4v) is 4.06. The van der Waals surface area contributed by atoms with Crippen LogP contribution >= 0.6 is 24.0 Å². The maximum Gasteiger partial charge on any atom is 0.191 e. The van der Waals surface area contributed by atoms with Crippen LogP contribution in [0.3, 0.4) is 0 Å². The van der Waals surface area contributed by atoms with E-state index in [0.717, 1.165) is 25.5 Å². The number of benzene rings is 1. The van der Waals surface area contributed by atoms with Crippen molar-refractivity contribution >= 4 is 50.7 Å². The molecule has 0 atom stereocenters. The minimum atomic E-state index is -2.95. The number of H-pyrrole nitrogens is 1. The Morgan fingerprint density at radius 2 is 1.97 bits per heavy atom. The molecule has 2 rings (SSSR count). The van der Waals surface area contributed by atoms with Crippen molar-refractivity contribution in [1.82, 2.24) is 15.6 Å². The molecule has 8 heteroatoms. The van der Waals surface area contributed by atoms with Gasteiger partial charge in [0.2, 0.25) is 0 Å². The molecule has 29 heavy (non-hydrogen) atoms. The SMILES string of the molecule is CCNC(=NCC(C)(C)CCS(C)(=O)=O)NCCc1c[nH]c2cccc(C)c12.I. The van der Waals surface area contributed by atoms with Crippen molar-refractivity contribution in [3.05, 3.63) is 35.5 Å². The highest BCUT2D eigenvalue weighted by Crippen LogP contribution is 2.22. The number of aromatic amines is 1. The minimum absolute atomic E-state index is 0. The van der Waals surface area contributed by atoms with E-state index < -0.39 is 9.84 Å². The smallest absolute Gasteiger partial charge is 0.191 e. The molecule has 0 spiro atoms. The molecule has 6 nitrogen and oxygen atoms in total. The lowest BCUT2D eigenvalue weighted by Gasteiger charge is -2.22. The van der Waals surface area contributed by atoms with Crippen molar-refractivity contribution in [2.75, 3.05) is 31.6 Å². The molecule has 0 bridgehead atoms. The third-order valence-corrected chi connectivity index (χ3v) is 5.79. The maximum atomic E-state index is 11.4. The lowest BCUT2D eigenvalue weighted by molar-refractivity contribution is 0.365. The maximum absolute atomic E-state index is 11.4. The first-order valence-corrected chi connectivity index (χ1v) is 11.9. The third-order valence-electron chi connectivity index (χ3n) is 4.84. The summed E-state index contributed by atoms with van der Waals surface area (Å²) < 4.78 is 22.9. The zero-order chi connectivity index (χ0) is 20.8. The molecule has 0 saturated heterocycles.